The summed E-state index contributed by atoms with van der Waals surface area (Å²) in [6, 6.07) is 5.20. The van der Waals surface area contributed by atoms with Crippen LogP contribution in [0.4, 0.5) is 14.5 Å². The predicted octanol–water partition coefficient (Wildman–Crippen LogP) is 3.04. The smallest absolute Gasteiger partial charge is 0.238 e. The van der Waals surface area contributed by atoms with Gasteiger partial charge in [0.25, 0.3) is 0 Å². The highest BCUT2D eigenvalue weighted by Crippen LogP contribution is 2.31. The van der Waals surface area contributed by atoms with E-state index in [1.54, 1.807) is 0 Å². The van der Waals surface area contributed by atoms with E-state index in [0.717, 1.165) is 43.0 Å². The summed E-state index contributed by atoms with van der Waals surface area (Å²) in [5.41, 5.74) is 1.06. The molecule has 0 bridgehead atoms. The van der Waals surface area contributed by atoms with Crippen molar-refractivity contribution in [1.82, 2.24) is 10.1 Å². The number of carbonyl (C=O) groups excluding carboxylic acids is 1. The van der Waals surface area contributed by atoms with Crippen LogP contribution in [0.2, 0.25) is 0 Å². The minimum atomic E-state index is -0.986. The SMILES string of the molecule is Cc1cc(C2CCCN2CC(=O)Nc2ccc(F)c(F)c2)no1. The highest BCUT2D eigenvalue weighted by atomic mass is 19.2. The Bertz CT molecular complexity index is 717. The van der Waals surface area contributed by atoms with Crippen molar-refractivity contribution in [2.45, 2.75) is 25.8 Å². The quantitative estimate of drug-likeness (QED) is 0.940. The third-order valence-electron chi connectivity index (χ3n) is 3.90. The van der Waals surface area contributed by atoms with Crippen LogP contribution in [0.3, 0.4) is 0 Å². The second-order valence-electron chi connectivity index (χ2n) is 5.67. The first-order valence-electron chi connectivity index (χ1n) is 7.45. The topological polar surface area (TPSA) is 58.4 Å². The van der Waals surface area contributed by atoms with Crippen LogP contribution in [0.15, 0.2) is 28.8 Å². The van der Waals surface area contributed by atoms with Gasteiger partial charge in [-0.25, -0.2) is 8.78 Å². The molecule has 2 aromatic rings. The molecular formula is C16H17F2N3O2. The zero-order chi connectivity index (χ0) is 16.4. The molecule has 1 fully saturated rings. The number of rotatable bonds is 4. The summed E-state index contributed by atoms with van der Waals surface area (Å²) in [5, 5.41) is 6.60. The van der Waals surface area contributed by atoms with Crippen molar-refractivity contribution in [2.75, 3.05) is 18.4 Å². The molecule has 1 saturated heterocycles. The zero-order valence-electron chi connectivity index (χ0n) is 12.7. The molecule has 2 heterocycles. The summed E-state index contributed by atoms with van der Waals surface area (Å²) in [4.78, 5) is 14.1. The number of nitrogens with zero attached hydrogens (tertiary/aromatic N) is 2. The fraction of sp³-hybridized carbons (Fsp3) is 0.375. The number of halogens is 2. The number of hydrogen-bond donors (Lipinski definition) is 1. The third-order valence-corrected chi connectivity index (χ3v) is 3.90. The molecule has 1 N–H and O–H groups in total. The summed E-state index contributed by atoms with van der Waals surface area (Å²) in [7, 11) is 0. The Kier molecular flexibility index (Phi) is 4.38. The Balaban J connectivity index is 1.63. The minimum Gasteiger partial charge on any atom is -0.361 e. The Morgan fingerprint density at radius 1 is 1.39 bits per heavy atom. The molecule has 1 aliphatic rings. The lowest BCUT2D eigenvalue weighted by Crippen LogP contribution is -2.33. The highest BCUT2D eigenvalue weighted by Gasteiger charge is 2.29. The molecule has 1 aromatic heterocycles. The number of aryl methyl sites for hydroxylation is 1. The maximum Gasteiger partial charge on any atom is 0.238 e. The van der Waals surface area contributed by atoms with Crippen LogP contribution in [0.5, 0.6) is 0 Å². The average Bonchev–Trinajstić information content (AvgIpc) is 3.11. The Morgan fingerprint density at radius 2 is 2.22 bits per heavy atom. The number of nitrogens with one attached hydrogen (secondary N) is 1. The lowest BCUT2D eigenvalue weighted by molar-refractivity contribution is -0.117. The molecular weight excluding hydrogens is 304 g/mol. The monoisotopic (exact) mass is 321 g/mol. The molecule has 1 aliphatic heterocycles. The van der Waals surface area contributed by atoms with Crippen LogP contribution >= 0.6 is 0 Å². The van der Waals surface area contributed by atoms with Crippen LogP contribution in [0.25, 0.3) is 0 Å². The molecule has 23 heavy (non-hydrogen) atoms. The van der Waals surface area contributed by atoms with Gasteiger partial charge in [-0.15, -0.1) is 0 Å². The first kappa shape index (κ1) is 15.6. The van der Waals surface area contributed by atoms with Gasteiger partial charge < -0.3 is 9.84 Å². The first-order chi connectivity index (χ1) is 11.0. The Morgan fingerprint density at radius 3 is 2.91 bits per heavy atom. The van der Waals surface area contributed by atoms with Crippen molar-refractivity contribution in [3.8, 4) is 0 Å². The summed E-state index contributed by atoms with van der Waals surface area (Å²) in [6.45, 7) is 2.77. The van der Waals surface area contributed by atoms with E-state index in [-0.39, 0.29) is 24.2 Å². The van der Waals surface area contributed by atoms with Crippen molar-refractivity contribution >= 4 is 11.6 Å². The summed E-state index contributed by atoms with van der Waals surface area (Å²) < 4.78 is 31.2. The van der Waals surface area contributed by atoms with E-state index in [4.69, 9.17) is 4.52 Å². The van der Waals surface area contributed by atoms with Crippen LogP contribution in [0, 0.1) is 18.6 Å². The lowest BCUT2D eigenvalue weighted by atomic mass is 10.1. The maximum atomic E-state index is 13.2. The number of aromatic nitrogens is 1. The largest absolute Gasteiger partial charge is 0.361 e. The second kappa shape index (κ2) is 6.45. The number of anilines is 1. The van der Waals surface area contributed by atoms with Gasteiger partial charge in [0.1, 0.15) is 11.5 Å². The van der Waals surface area contributed by atoms with Gasteiger partial charge in [0, 0.05) is 17.8 Å². The predicted molar refractivity (Wildman–Crippen MR) is 79.8 cm³/mol. The van der Waals surface area contributed by atoms with Crippen LogP contribution in [-0.4, -0.2) is 29.1 Å². The fourth-order valence-corrected chi connectivity index (χ4v) is 2.85. The van der Waals surface area contributed by atoms with Crippen molar-refractivity contribution < 1.29 is 18.1 Å². The van der Waals surface area contributed by atoms with Crippen molar-refractivity contribution in [3.63, 3.8) is 0 Å². The van der Waals surface area contributed by atoms with Crippen molar-refractivity contribution in [1.29, 1.82) is 0 Å². The molecule has 1 aromatic carbocycles. The Hall–Kier alpha value is -2.28. The molecule has 0 aliphatic carbocycles. The van der Waals surface area contributed by atoms with Gasteiger partial charge in [0.15, 0.2) is 11.6 Å². The summed E-state index contributed by atoms with van der Waals surface area (Å²) >= 11 is 0. The zero-order valence-corrected chi connectivity index (χ0v) is 12.7. The lowest BCUT2D eigenvalue weighted by Gasteiger charge is -2.21. The number of amides is 1. The van der Waals surface area contributed by atoms with Crippen LogP contribution in [0.1, 0.15) is 30.3 Å². The van der Waals surface area contributed by atoms with E-state index >= 15 is 0 Å². The molecule has 5 nitrogen and oxygen atoms in total. The molecule has 3 rings (SSSR count). The van der Waals surface area contributed by atoms with Gasteiger partial charge in [-0.1, -0.05) is 5.16 Å². The van der Waals surface area contributed by atoms with Crippen LogP contribution < -0.4 is 5.32 Å². The number of likely N-dealkylation sites (tertiary alicyclic amines) is 1. The third kappa shape index (κ3) is 3.56. The maximum absolute atomic E-state index is 13.2. The molecule has 122 valence electrons. The molecule has 0 spiro atoms. The van der Waals surface area contributed by atoms with Gasteiger partial charge in [0.05, 0.1) is 12.6 Å². The minimum absolute atomic E-state index is 0.0446. The van der Waals surface area contributed by atoms with Gasteiger partial charge in [0.2, 0.25) is 5.91 Å². The van der Waals surface area contributed by atoms with Crippen molar-refractivity contribution in [2.24, 2.45) is 0 Å². The highest BCUT2D eigenvalue weighted by molar-refractivity contribution is 5.92. The fourth-order valence-electron chi connectivity index (χ4n) is 2.85. The van der Waals surface area contributed by atoms with Gasteiger partial charge in [-0.3, -0.25) is 9.69 Å². The average molecular weight is 321 g/mol. The van der Waals surface area contributed by atoms with Gasteiger partial charge in [-0.2, -0.15) is 0 Å². The standard InChI is InChI=1S/C16H17F2N3O2/c1-10-7-14(20-23-10)15-3-2-6-21(15)9-16(22)19-11-4-5-12(17)13(18)8-11/h4-5,7-8,15H,2-3,6,9H2,1H3,(H,19,22). The molecule has 1 unspecified atom stereocenters. The van der Waals surface area contributed by atoms with E-state index in [0.29, 0.717) is 0 Å². The summed E-state index contributed by atoms with van der Waals surface area (Å²) in [6.07, 6.45) is 1.87. The number of carbonyl (C=O) groups is 1. The molecule has 0 radical (unpaired) electrons. The molecule has 1 atom stereocenters. The van der Waals surface area contributed by atoms with E-state index in [1.165, 1.54) is 6.07 Å². The van der Waals surface area contributed by atoms with E-state index in [2.05, 4.69) is 10.5 Å². The molecule has 0 saturated carbocycles. The normalized spacial score (nSPS) is 18.3. The van der Waals surface area contributed by atoms with Crippen LogP contribution in [-0.2, 0) is 4.79 Å². The summed E-state index contributed by atoms with van der Waals surface area (Å²) in [5.74, 6) is -1.47. The molecule has 7 heteroatoms. The first-order valence-corrected chi connectivity index (χ1v) is 7.45. The van der Waals surface area contributed by atoms with E-state index in [1.807, 2.05) is 17.9 Å². The number of hydrogen-bond acceptors (Lipinski definition) is 4. The Labute approximate surface area is 132 Å². The van der Waals surface area contributed by atoms with E-state index < -0.39 is 11.6 Å². The van der Waals surface area contributed by atoms with Gasteiger partial charge in [-0.05, 0) is 38.4 Å². The molecule has 1 amide bonds. The van der Waals surface area contributed by atoms with Crippen molar-refractivity contribution in [3.05, 3.63) is 47.4 Å². The van der Waals surface area contributed by atoms with E-state index in [9.17, 15) is 13.6 Å². The number of benzene rings is 1. The van der Waals surface area contributed by atoms with Gasteiger partial charge >= 0.3 is 0 Å². The second-order valence-corrected chi connectivity index (χ2v) is 5.67.